The summed E-state index contributed by atoms with van der Waals surface area (Å²) in [6.45, 7) is 2.31. The molecule has 37 nitrogen and oxygen atoms in total. The van der Waals surface area contributed by atoms with Gasteiger partial charge in [-0.2, -0.15) is 0 Å². The van der Waals surface area contributed by atoms with Gasteiger partial charge in [0, 0.05) is 39.0 Å². The van der Waals surface area contributed by atoms with Gasteiger partial charge in [-0.05, 0) is 38.5 Å². The molecule has 0 aliphatic carbocycles. The molecule has 0 aromatic heterocycles. The first kappa shape index (κ1) is 114. The Labute approximate surface area is 751 Å². The fourth-order valence-electron chi connectivity index (χ4n) is 16.7. The van der Waals surface area contributed by atoms with Crippen LogP contribution in [0.1, 0.15) is 303 Å². The fraction of sp³-hybridized carbons (Fsp3) is 0.944. The van der Waals surface area contributed by atoms with E-state index in [1.807, 2.05) is 0 Å². The van der Waals surface area contributed by atoms with Gasteiger partial charge in [-0.15, -0.1) is 0 Å². The maximum absolute atomic E-state index is 13.5. The third-order valence-corrected chi connectivity index (χ3v) is 24.7. The molecule has 19 N–H and O–H groups in total. The molecule has 3 amide bonds. The van der Waals surface area contributed by atoms with Crippen molar-refractivity contribution in [2.24, 2.45) is 0 Å². The van der Waals surface area contributed by atoms with Crippen LogP contribution >= 0.6 is 0 Å². The molecule has 0 saturated carbocycles. The second-order valence-electron chi connectivity index (χ2n) is 35.1. The van der Waals surface area contributed by atoms with Crippen LogP contribution < -0.4 is 16.0 Å². The molecule has 5 aliphatic heterocycles. The Morgan fingerprint density at radius 3 is 1.17 bits per heavy atom. The SMILES string of the molecule is CCCCCCCCCCCCCCCCCCCCCCCCCC(=O)N[C@@H](CO[C@H]1O[C@H](COCCCCCCNC(=O)CCCCC(=O)NCCO[C@@H]2O[C@@H](CO)[C@@H](OC3OC(C(=O)OC)C(O)C(O[C@@H]4O[C@H](CO)[C@@H](O[C@@H]5O[C@H](C(=O)OC)[C@@H](O)[C@@H](O)[C@@H]5O)[C@H](O)[C@@H]4O)C3O)[C@@H](O)[C@H]2O)[C@@H](O)[C@H](O)[C@H]1O)[C@H](O)[C@H](O)CCCCCCCCCCCCCC. The predicted octanol–water partition coefficient (Wildman–Crippen LogP) is 3.51. The first-order valence-electron chi connectivity index (χ1n) is 48.1. The van der Waals surface area contributed by atoms with Crippen molar-refractivity contribution in [2.75, 3.05) is 67.0 Å². The summed E-state index contributed by atoms with van der Waals surface area (Å²) in [5.41, 5.74) is 0. The molecule has 5 aliphatic rings. The third-order valence-electron chi connectivity index (χ3n) is 24.7. The molecule has 0 aromatic carbocycles. The fourth-order valence-corrected chi connectivity index (χ4v) is 16.7. The molecule has 0 radical (unpaired) electrons. The smallest absolute Gasteiger partial charge is 0.337 e. The highest BCUT2D eigenvalue weighted by molar-refractivity contribution is 5.78. The van der Waals surface area contributed by atoms with Crippen molar-refractivity contribution in [1.82, 2.24) is 16.0 Å². The van der Waals surface area contributed by atoms with E-state index in [1.165, 1.54) is 173 Å². The topological polar surface area (TPSA) is 565 Å². The summed E-state index contributed by atoms with van der Waals surface area (Å²) in [5.74, 6) is -3.34. The maximum atomic E-state index is 13.5. The summed E-state index contributed by atoms with van der Waals surface area (Å²) in [7, 11) is 1.86. The number of amides is 3. The number of hydrogen-bond acceptors (Lipinski definition) is 34. The number of nitrogens with one attached hydrogen (secondary N) is 3. The van der Waals surface area contributed by atoms with E-state index in [4.69, 9.17) is 56.8 Å². The van der Waals surface area contributed by atoms with Crippen LogP contribution in [0.3, 0.4) is 0 Å². The van der Waals surface area contributed by atoms with Crippen LogP contribution in [-0.4, -0.2) is 350 Å². The van der Waals surface area contributed by atoms with Crippen molar-refractivity contribution in [3.8, 4) is 0 Å². The highest BCUT2D eigenvalue weighted by Crippen LogP contribution is 2.36. The number of hydrogen-bond donors (Lipinski definition) is 19. The second kappa shape index (κ2) is 66.6. The van der Waals surface area contributed by atoms with E-state index in [-0.39, 0.29) is 70.0 Å². The zero-order chi connectivity index (χ0) is 92.8. The highest BCUT2D eigenvalue weighted by Gasteiger charge is 2.58. The minimum absolute atomic E-state index is 0.0503. The lowest BCUT2D eigenvalue weighted by atomic mass is 9.95. The standard InChI is InChI=1S/C90H165N3O34/c1-5-7-9-11-13-15-17-19-20-21-22-23-24-25-26-27-28-29-31-33-35-37-41-49-65(99)93-58(66(100)59(96)46-40-36-34-32-30-18-16-14-12-10-8-6-2)56-119-87-73(107)68(102)67(101)62(122-87)57-117-52-45-39-38-44-50-91-63(97)47-42-43-48-64(98)92-51-53-118-86-75(109)71(105)79(60(54-94)120-86)124-90-78(112)81(77(111)83(127-90)85(114)116-4)125-88-76(110)72(106)80(61(55-95)121-88)123-89-74(108)69(103)70(104)82(126-89)84(113)115-3/h58-62,66-83,86-90,94-96,100-112H,5-57H2,1-4H3,(H,91,97)(H,92,98)(H,93,99)/t58-,59+,60-,61+,62+,66-,67+,68-,69+,70-,71-,72+,73+,74-,75+,76-,77?,78?,79+,80+,81?,82-,83?,86+,87-,88-,89+,90?/m0/s1. The van der Waals surface area contributed by atoms with Crippen LogP contribution in [0.5, 0.6) is 0 Å². The Morgan fingerprint density at radius 1 is 0.331 bits per heavy atom. The predicted molar refractivity (Wildman–Crippen MR) is 460 cm³/mol. The van der Waals surface area contributed by atoms with Crippen LogP contribution in [0.2, 0.25) is 0 Å². The zero-order valence-corrected chi connectivity index (χ0v) is 76.1. The van der Waals surface area contributed by atoms with Crippen molar-refractivity contribution in [3.63, 3.8) is 0 Å². The molecule has 5 saturated heterocycles. The van der Waals surface area contributed by atoms with Gasteiger partial charge in [-0.3, -0.25) is 14.4 Å². The van der Waals surface area contributed by atoms with Gasteiger partial charge in [0.05, 0.1) is 59.4 Å². The van der Waals surface area contributed by atoms with Crippen LogP contribution in [0.25, 0.3) is 0 Å². The summed E-state index contributed by atoms with van der Waals surface area (Å²) in [6, 6.07) is -1.07. The average molecular weight is 1830 g/mol. The van der Waals surface area contributed by atoms with Crippen molar-refractivity contribution in [1.29, 1.82) is 0 Å². The summed E-state index contributed by atoms with van der Waals surface area (Å²) in [4.78, 5) is 64.1. The van der Waals surface area contributed by atoms with Crippen LogP contribution in [0.15, 0.2) is 0 Å². The zero-order valence-electron chi connectivity index (χ0n) is 76.1. The monoisotopic (exact) mass is 1830 g/mol. The van der Waals surface area contributed by atoms with Gasteiger partial charge in [0.15, 0.2) is 43.7 Å². The van der Waals surface area contributed by atoms with Gasteiger partial charge in [0.25, 0.3) is 0 Å². The quantitative estimate of drug-likeness (QED) is 0.0306. The van der Waals surface area contributed by atoms with Crippen molar-refractivity contribution in [3.05, 3.63) is 0 Å². The summed E-state index contributed by atoms with van der Waals surface area (Å²) in [6.07, 6.45) is -2.49. The summed E-state index contributed by atoms with van der Waals surface area (Å²) < 4.78 is 72.0. The normalized spacial score (nSPS) is 30.6. The van der Waals surface area contributed by atoms with Crippen molar-refractivity contribution >= 4 is 29.7 Å². The van der Waals surface area contributed by atoms with E-state index >= 15 is 0 Å². The number of rotatable bonds is 71. The number of carbonyl (C=O) groups is 5. The summed E-state index contributed by atoms with van der Waals surface area (Å²) in [5, 5.41) is 184. The Bertz CT molecular complexity index is 2850. The van der Waals surface area contributed by atoms with Crippen LogP contribution in [0.4, 0.5) is 0 Å². The first-order chi connectivity index (χ1) is 61.3. The molecule has 0 aromatic rings. The number of unbranched alkanes of at least 4 members (excludes halogenated alkanes) is 37. The number of aliphatic hydroxyl groups is 16. The lowest BCUT2D eigenvalue weighted by Gasteiger charge is -2.48. The molecule has 744 valence electrons. The number of ether oxygens (including phenoxy) is 13. The molecule has 127 heavy (non-hydrogen) atoms. The van der Waals surface area contributed by atoms with Crippen LogP contribution in [0, 0.1) is 0 Å². The van der Waals surface area contributed by atoms with E-state index < -0.39 is 197 Å². The molecule has 5 unspecified atom stereocenters. The minimum Gasteiger partial charge on any atom is -0.467 e. The number of methoxy groups -OCH3 is 2. The van der Waals surface area contributed by atoms with E-state index in [1.54, 1.807) is 0 Å². The number of carbonyl (C=O) groups excluding carboxylic acids is 5. The largest absolute Gasteiger partial charge is 0.467 e. The Kier molecular flexibility index (Phi) is 59.7. The molecule has 0 spiro atoms. The molecule has 0 bridgehead atoms. The van der Waals surface area contributed by atoms with Gasteiger partial charge in [-0.25, -0.2) is 9.59 Å². The minimum atomic E-state index is -2.23. The van der Waals surface area contributed by atoms with E-state index in [2.05, 4.69) is 34.5 Å². The first-order valence-corrected chi connectivity index (χ1v) is 48.1. The van der Waals surface area contributed by atoms with Gasteiger partial charge >= 0.3 is 11.9 Å². The molecule has 28 atom stereocenters. The van der Waals surface area contributed by atoms with Gasteiger partial charge in [0.2, 0.25) is 17.7 Å². The van der Waals surface area contributed by atoms with Gasteiger partial charge < -0.3 is 159 Å². The number of esters is 2. The third kappa shape index (κ3) is 41.6. The van der Waals surface area contributed by atoms with Gasteiger partial charge in [0.1, 0.15) is 116 Å². The maximum Gasteiger partial charge on any atom is 0.337 e. The van der Waals surface area contributed by atoms with E-state index in [0.29, 0.717) is 51.5 Å². The van der Waals surface area contributed by atoms with E-state index in [0.717, 1.165) is 65.6 Å². The van der Waals surface area contributed by atoms with Crippen molar-refractivity contribution in [2.45, 2.75) is 475 Å². The molecule has 5 heterocycles. The lowest BCUT2D eigenvalue weighted by Crippen LogP contribution is -2.68. The van der Waals surface area contributed by atoms with Crippen LogP contribution in [-0.2, 0) is 85.6 Å². The second-order valence-corrected chi connectivity index (χ2v) is 35.1. The number of aliphatic hydroxyl groups excluding tert-OH is 16. The Balaban J connectivity index is 0.943. The van der Waals surface area contributed by atoms with Crippen molar-refractivity contribution < 1.29 is 167 Å². The van der Waals surface area contributed by atoms with E-state index in [9.17, 15) is 106 Å². The molecular weight excluding hydrogens is 1670 g/mol. The molecule has 5 rings (SSSR count). The molecule has 37 heteroatoms. The Hall–Kier alpha value is -3.73. The Morgan fingerprint density at radius 2 is 0.685 bits per heavy atom. The lowest BCUT2D eigenvalue weighted by molar-refractivity contribution is -0.385. The molecule has 5 fully saturated rings. The van der Waals surface area contributed by atoms with Gasteiger partial charge in [-0.1, -0.05) is 245 Å². The average Bonchev–Trinajstić information content (AvgIpc) is 0.766. The molecular formula is C90H165N3O34. The summed E-state index contributed by atoms with van der Waals surface area (Å²) >= 11 is 0. The highest BCUT2D eigenvalue weighted by atomic mass is 16.8.